The zero-order valence-electron chi connectivity index (χ0n) is 11.7. The van der Waals surface area contributed by atoms with Crippen LogP contribution in [0.3, 0.4) is 0 Å². The van der Waals surface area contributed by atoms with Crippen LogP contribution in [0.4, 0.5) is 0 Å². The van der Waals surface area contributed by atoms with Crippen molar-refractivity contribution in [1.29, 1.82) is 0 Å². The van der Waals surface area contributed by atoms with Crippen molar-refractivity contribution in [3.05, 3.63) is 0 Å². The van der Waals surface area contributed by atoms with Gasteiger partial charge in [-0.1, -0.05) is 6.92 Å². The van der Waals surface area contributed by atoms with Gasteiger partial charge in [0.2, 0.25) is 0 Å². The van der Waals surface area contributed by atoms with E-state index < -0.39 is 11.4 Å². The second-order valence-corrected chi connectivity index (χ2v) is 7.88. The van der Waals surface area contributed by atoms with E-state index in [1.807, 2.05) is 0 Å². The molecule has 6 rings (SSSR count). The summed E-state index contributed by atoms with van der Waals surface area (Å²) >= 11 is 0. The molecular formula is C15H22O4. The summed E-state index contributed by atoms with van der Waals surface area (Å²) in [5.74, 6) is -0.489. The first kappa shape index (κ1) is 11.5. The number of hydrogen-bond donors (Lipinski definition) is 1. The van der Waals surface area contributed by atoms with E-state index >= 15 is 0 Å². The fraction of sp³-hybridized carbons (Fsp3) is 1.00. The summed E-state index contributed by atoms with van der Waals surface area (Å²) in [6, 6.07) is 0. The van der Waals surface area contributed by atoms with Gasteiger partial charge in [-0.2, -0.15) is 0 Å². The van der Waals surface area contributed by atoms with Gasteiger partial charge in [0.1, 0.15) is 5.60 Å². The van der Waals surface area contributed by atoms with Crippen molar-refractivity contribution < 1.29 is 19.3 Å². The Morgan fingerprint density at radius 1 is 1.21 bits per heavy atom. The highest BCUT2D eigenvalue weighted by Gasteiger charge is 2.88. The minimum absolute atomic E-state index is 0.000579. The van der Waals surface area contributed by atoms with Gasteiger partial charge in [-0.3, -0.25) is 0 Å². The van der Waals surface area contributed by atoms with Crippen LogP contribution in [0.5, 0.6) is 0 Å². The summed E-state index contributed by atoms with van der Waals surface area (Å²) in [6.07, 6.45) is 5.19. The van der Waals surface area contributed by atoms with E-state index in [0.717, 1.165) is 38.7 Å². The largest absolute Gasteiger partial charge is 0.393 e. The summed E-state index contributed by atoms with van der Waals surface area (Å²) in [7, 11) is 0. The minimum atomic E-state index is -0.489. The maximum Gasteiger partial charge on any atom is 0.180 e. The highest BCUT2D eigenvalue weighted by Crippen LogP contribution is 2.80. The fourth-order valence-electron chi connectivity index (χ4n) is 6.22. The molecule has 2 aliphatic carbocycles. The summed E-state index contributed by atoms with van der Waals surface area (Å²) in [4.78, 5) is 0. The SMILES string of the molecule is CC12CCC3(CO1)C1(C2)OC2CCC3(C)C2(CO)O1. The topological polar surface area (TPSA) is 47.9 Å². The van der Waals surface area contributed by atoms with Crippen molar-refractivity contribution in [3.63, 3.8) is 0 Å². The van der Waals surface area contributed by atoms with Gasteiger partial charge in [-0.15, -0.1) is 0 Å². The molecule has 106 valence electrons. The van der Waals surface area contributed by atoms with E-state index in [1.54, 1.807) is 0 Å². The molecule has 4 bridgehead atoms. The first-order valence-electron chi connectivity index (χ1n) is 7.58. The van der Waals surface area contributed by atoms with Gasteiger partial charge in [-0.05, 0) is 32.6 Å². The standard InChI is InChI=1S/C15H22O4/c1-11-5-6-13(9-17-11)12(2)4-3-10-14(12,8-16)19-15(13,7-11)18-10/h10,16H,3-9H2,1-2H3. The van der Waals surface area contributed by atoms with Crippen LogP contribution < -0.4 is 0 Å². The van der Waals surface area contributed by atoms with E-state index in [2.05, 4.69) is 13.8 Å². The number of rotatable bonds is 1. The quantitative estimate of drug-likeness (QED) is 0.783. The molecule has 19 heavy (non-hydrogen) atoms. The van der Waals surface area contributed by atoms with E-state index in [9.17, 15) is 5.11 Å². The average Bonchev–Trinajstić information content (AvgIpc) is 2.86. The maximum absolute atomic E-state index is 10.1. The van der Waals surface area contributed by atoms with E-state index in [0.29, 0.717) is 0 Å². The first-order valence-corrected chi connectivity index (χ1v) is 7.58. The third-order valence-electron chi connectivity index (χ3n) is 7.41. The van der Waals surface area contributed by atoms with Crippen molar-refractivity contribution in [2.75, 3.05) is 13.2 Å². The number of ether oxygens (including phenoxy) is 3. The molecule has 1 N–H and O–H groups in total. The molecule has 4 heteroatoms. The van der Waals surface area contributed by atoms with E-state index in [4.69, 9.17) is 14.2 Å². The maximum atomic E-state index is 10.1. The van der Waals surface area contributed by atoms with Gasteiger partial charge in [0, 0.05) is 11.8 Å². The number of fused-ring (bicyclic) bond motifs is 2. The molecular weight excluding hydrogens is 244 g/mol. The van der Waals surface area contributed by atoms with Gasteiger partial charge >= 0.3 is 0 Å². The van der Waals surface area contributed by atoms with Gasteiger partial charge in [0.15, 0.2) is 5.79 Å². The highest BCUT2D eigenvalue weighted by atomic mass is 16.8. The second kappa shape index (κ2) is 2.76. The van der Waals surface area contributed by atoms with Crippen molar-refractivity contribution in [2.24, 2.45) is 10.8 Å². The van der Waals surface area contributed by atoms with E-state index in [1.165, 1.54) is 0 Å². The molecule has 0 aromatic rings. The van der Waals surface area contributed by atoms with Crippen molar-refractivity contribution in [3.8, 4) is 0 Å². The smallest absolute Gasteiger partial charge is 0.180 e. The normalized spacial score (nSPS) is 68.7. The van der Waals surface area contributed by atoms with Crippen LogP contribution in [0.25, 0.3) is 0 Å². The summed E-state index contributed by atoms with van der Waals surface area (Å²) in [5.41, 5.74) is -0.633. The minimum Gasteiger partial charge on any atom is -0.393 e. The molecule has 2 saturated carbocycles. The van der Waals surface area contributed by atoms with Gasteiger partial charge < -0.3 is 19.3 Å². The monoisotopic (exact) mass is 266 g/mol. The molecule has 4 saturated heterocycles. The summed E-state index contributed by atoms with van der Waals surface area (Å²) in [5, 5.41) is 10.1. The van der Waals surface area contributed by atoms with Crippen LogP contribution in [0.1, 0.15) is 46.0 Å². The number of hydrogen-bond acceptors (Lipinski definition) is 4. The Morgan fingerprint density at radius 2 is 2.05 bits per heavy atom. The van der Waals surface area contributed by atoms with Gasteiger partial charge in [0.25, 0.3) is 0 Å². The molecule has 0 amide bonds. The van der Waals surface area contributed by atoms with Crippen LogP contribution in [0.15, 0.2) is 0 Å². The van der Waals surface area contributed by atoms with Crippen LogP contribution in [0.2, 0.25) is 0 Å². The highest BCUT2D eigenvalue weighted by molar-refractivity contribution is 5.32. The molecule has 4 nitrogen and oxygen atoms in total. The fourth-order valence-corrected chi connectivity index (χ4v) is 6.22. The zero-order valence-corrected chi connectivity index (χ0v) is 11.7. The van der Waals surface area contributed by atoms with Crippen LogP contribution in [0, 0.1) is 10.8 Å². The predicted molar refractivity (Wildman–Crippen MR) is 66.5 cm³/mol. The molecule has 6 unspecified atom stereocenters. The van der Waals surface area contributed by atoms with Crippen molar-refractivity contribution >= 4 is 0 Å². The zero-order chi connectivity index (χ0) is 13.1. The van der Waals surface area contributed by atoms with Crippen LogP contribution in [-0.2, 0) is 14.2 Å². The molecule has 6 fully saturated rings. The first-order chi connectivity index (χ1) is 8.95. The van der Waals surface area contributed by atoms with E-state index in [-0.39, 0.29) is 29.1 Å². The molecule has 0 aromatic carbocycles. The lowest BCUT2D eigenvalue weighted by Crippen LogP contribution is -2.70. The lowest BCUT2D eigenvalue weighted by molar-refractivity contribution is -0.344. The molecule has 6 aliphatic rings. The van der Waals surface area contributed by atoms with Crippen LogP contribution in [-0.4, -0.2) is 41.4 Å². The summed E-state index contributed by atoms with van der Waals surface area (Å²) in [6.45, 7) is 5.30. The lowest BCUT2D eigenvalue weighted by Gasteiger charge is -2.63. The predicted octanol–water partition coefficient (Wildman–Crippen LogP) is 1.60. The second-order valence-electron chi connectivity index (χ2n) is 7.88. The van der Waals surface area contributed by atoms with Crippen molar-refractivity contribution in [1.82, 2.24) is 0 Å². The van der Waals surface area contributed by atoms with Crippen molar-refractivity contribution in [2.45, 2.75) is 69.0 Å². The Kier molecular flexibility index (Phi) is 1.67. The Morgan fingerprint density at radius 3 is 2.74 bits per heavy atom. The Bertz CT molecular complexity index is 469. The molecule has 6 atom stereocenters. The van der Waals surface area contributed by atoms with Crippen LogP contribution >= 0.6 is 0 Å². The number of aliphatic hydroxyl groups is 1. The Balaban J connectivity index is 1.77. The molecule has 2 spiro atoms. The molecule has 4 heterocycles. The third kappa shape index (κ3) is 0.844. The Hall–Kier alpha value is -0.160. The Labute approximate surface area is 113 Å². The number of aliphatic hydroxyl groups excluding tert-OH is 1. The molecule has 4 aliphatic heterocycles. The molecule has 0 aromatic heterocycles. The third-order valence-corrected chi connectivity index (χ3v) is 7.41. The average molecular weight is 266 g/mol. The molecule has 0 radical (unpaired) electrons. The van der Waals surface area contributed by atoms with Gasteiger partial charge in [-0.25, -0.2) is 0 Å². The summed E-state index contributed by atoms with van der Waals surface area (Å²) < 4.78 is 19.1. The lowest BCUT2D eigenvalue weighted by atomic mass is 9.49. The van der Waals surface area contributed by atoms with Gasteiger partial charge in [0.05, 0.1) is 30.3 Å².